The van der Waals surface area contributed by atoms with Crippen molar-refractivity contribution >= 4 is 11.0 Å². The molecule has 2 aromatic rings. The highest BCUT2D eigenvalue weighted by Gasteiger charge is 2.16. The number of fused-ring (bicyclic) bond motifs is 1. The minimum absolute atomic E-state index is 0.295. The molecule has 0 amide bonds. The number of nitrogens with zero attached hydrogens (tertiary/aromatic N) is 1. The Hall–Kier alpha value is -1.32. The van der Waals surface area contributed by atoms with Crippen molar-refractivity contribution in [2.24, 2.45) is 0 Å². The second kappa shape index (κ2) is 7.62. The monoisotopic (exact) mass is 288 g/mol. The zero-order chi connectivity index (χ0) is 15.2. The van der Waals surface area contributed by atoms with Crippen LogP contribution in [0.3, 0.4) is 0 Å². The predicted molar refractivity (Wildman–Crippen MR) is 89.8 cm³/mol. The van der Waals surface area contributed by atoms with Crippen LogP contribution >= 0.6 is 0 Å². The first kappa shape index (κ1) is 16.1. The predicted octanol–water partition coefficient (Wildman–Crippen LogP) is 4.12. The molecule has 0 saturated carbocycles. The second-order valence-electron chi connectivity index (χ2n) is 5.62. The van der Waals surface area contributed by atoms with Gasteiger partial charge in [-0.25, -0.2) is 0 Å². The molecular weight excluding hydrogens is 260 g/mol. The summed E-state index contributed by atoms with van der Waals surface area (Å²) in [6.45, 7) is 13.0. The van der Waals surface area contributed by atoms with E-state index in [0.717, 1.165) is 43.9 Å². The summed E-state index contributed by atoms with van der Waals surface area (Å²) in [5.41, 5.74) is 2.26. The minimum atomic E-state index is 0.295. The van der Waals surface area contributed by atoms with Gasteiger partial charge in [-0.3, -0.25) is 0 Å². The zero-order valence-electron chi connectivity index (χ0n) is 13.8. The summed E-state index contributed by atoms with van der Waals surface area (Å²) >= 11 is 0. The van der Waals surface area contributed by atoms with Crippen LogP contribution in [0.2, 0.25) is 0 Å². The maximum atomic E-state index is 6.06. The SMILES string of the molecule is CCNC(CCN(CC)CC)c1cc2cc(C)ccc2o1. The Bertz CT molecular complexity index is 557. The Morgan fingerprint density at radius 1 is 1.14 bits per heavy atom. The molecule has 1 unspecified atom stereocenters. The largest absolute Gasteiger partial charge is 0.459 e. The van der Waals surface area contributed by atoms with Crippen LogP contribution in [-0.4, -0.2) is 31.1 Å². The lowest BCUT2D eigenvalue weighted by Gasteiger charge is -2.22. The van der Waals surface area contributed by atoms with Crippen molar-refractivity contribution in [1.82, 2.24) is 10.2 Å². The van der Waals surface area contributed by atoms with Crippen LogP contribution in [0.1, 0.15) is 44.6 Å². The smallest absolute Gasteiger partial charge is 0.134 e. The van der Waals surface area contributed by atoms with Crippen LogP contribution in [0.25, 0.3) is 11.0 Å². The van der Waals surface area contributed by atoms with Gasteiger partial charge in [-0.1, -0.05) is 32.4 Å². The number of rotatable bonds is 8. The normalized spacial score (nSPS) is 13.2. The van der Waals surface area contributed by atoms with E-state index in [9.17, 15) is 0 Å². The standard InChI is InChI=1S/C18H28N2O/c1-5-19-16(10-11-20(6-2)7-3)18-13-15-12-14(4)8-9-17(15)21-18/h8-9,12-13,16,19H,5-7,10-11H2,1-4H3. The van der Waals surface area contributed by atoms with Gasteiger partial charge < -0.3 is 14.6 Å². The van der Waals surface area contributed by atoms with E-state index in [-0.39, 0.29) is 0 Å². The van der Waals surface area contributed by atoms with Gasteiger partial charge in [-0.05, 0) is 51.2 Å². The van der Waals surface area contributed by atoms with Gasteiger partial charge >= 0.3 is 0 Å². The average molecular weight is 288 g/mol. The van der Waals surface area contributed by atoms with Crippen LogP contribution in [0, 0.1) is 6.92 Å². The van der Waals surface area contributed by atoms with E-state index in [1.165, 1.54) is 10.9 Å². The van der Waals surface area contributed by atoms with Gasteiger partial charge in [-0.15, -0.1) is 0 Å². The highest BCUT2D eigenvalue weighted by molar-refractivity contribution is 5.78. The van der Waals surface area contributed by atoms with E-state index >= 15 is 0 Å². The molecule has 0 aliphatic carbocycles. The Morgan fingerprint density at radius 3 is 2.57 bits per heavy atom. The fourth-order valence-electron chi connectivity index (χ4n) is 2.80. The minimum Gasteiger partial charge on any atom is -0.459 e. The molecule has 0 saturated heterocycles. The highest BCUT2D eigenvalue weighted by Crippen LogP contribution is 2.26. The third kappa shape index (κ3) is 4.08. The van der Waals surface area contributed by atoms with E-state index < -0.39 is 0 Å². The summed E-state index contributed by atoms with van der Waals surface area (Å²) in [6.07, 6.45) is 1.08. The lowest BCUT2D eigenvalue weighted by atomic mass is 10.1. The quantitative estimate of drug-likeness (QED) is 0.792. The van der Waals surface area contributed by atoms with Crippen molar-refractivity contribution in [2.75, 3.05) is 26.2 Å². The molecule has 1 heterocycles. The molecule has 1 N–H and O–H groups in total. The molecule has 0 fully saturated rings. The molecular formula is C18H28N2O. The van der Waals surface area contributed by atoms with E-state index in [1.54, 1.807) is 0 Å². The molecule has 0 radical (unpaired) electrons. The molecule has 0 spiro atoms. The Labute approximate surface area is 128 Å². The molecule has 116 valence electrons. The van der Waals surface area contributed by atoms with Crippen molar-refractivity contribution in [3.63, 3.8) is 0 Å². The van der Waals surface area contributed by atoms with Gasteiger partial charge in [0, 0.05) is 11.9 Å². The lowest BCUT2D eigenvalue weighted by Crippen LogP contribution is -2.29. The fraction of sp³-hybridized carbons (Fsp3) is 0.556. The first-order valence-corrected chi connectivity index (χ1v) is 8.13. The molecule has 21 heavy (non-hydrogen) atoms. The maximum Gasteiger partial charge on any atom is 0.134 e. The first-order valence-electron chi connectivity index (χ1n) is 8.13. The van der Waals surface area contributed by atoms with Gasteiger partial charge in [0.2, 0.25) is 0 Å². The molecule has 2 rings (SSSR count). The molecule has 1 aromatic heterocycles. The molecule has 3 heteroatoms. The maximum absolute atomic E-state index is 6.06. The van der Waals surface area contributed by atoms with Crippen LogP contribution in [0.5, 0.6) is 0 Å². The molecule has 0 aliphatic rings. The van der Waals surface area contributed by atoms with Crippen LogP contribution in [-0.2, 0) is 0 Å². The number of hydrogen-bond acceptors (Lipinski definition) is 3. The number of nitrogens with one attached hydrogen (secondary N) is 1. The summed E-state index contributed by atoms with van der Waals surface area (Å²) < 4.78 is 6.06. The average Bonchev–Trinajstić information content (AvgIpc) is 2.89. The van der Waals surface area contributed by atoms with Crippen molar-refractivity contribution < 1.29 is 4.42 Å². The van der Waals surface area contributed by atoms with Gasteiger partial charge in [0.1, 0.15) is 11.3 Å². The second-order valence-corrected chi connectivity index (χ2v) is 5.62. The van der Waals surface area contributed by atoms with Gasteiger partial charge in [0.25, 0.3) is 0 Å². The van der Waals surface area contributed by atoms with Crippen molar-refractivity contribution in [3.8, 4) is 0 Å². The molecule has 0 aliphatic heterocycles. The third-order valence-electron chi connectivity index (χ3n) is 4.11. The van der Waals surface area contributed by atoms with E-state index in [4.69, 9.17) is 4.42 Å². The fourth-order valence-corrected chi connectivity index (χ4v) is 2.80. The van der Waals surface area contributed by atoms with Gasteiger partial charge in [-0.2, -0.15) is 0 Å². The summed E-state index contributed by atoms with van der Waals surface area (Å²) in [5, 5.41) is 4.76. The molecule has 3 nitrogen and oxygen atoms in total. The van der Waals surface area contributed by atoms with E-state index in [1.807, 2.05) is 0 Å². The van der Waals surface area contributed by atoms with Crippen molar-refractivity contribution in [3.05, 3.63) is 35.6 Å². The molecule has 1 aromatic carbocycles. The first-order chi connectivity index (χ1) is 10.2. The van der Waals surface area contributed by atoms with E-state index in [2.05, 4.69) is 62.2 Å². The Kier molecular flexibility index (Phi) is 5.83. The Balaban J connectivity index is 2.15. The summed E-state index contributed by atoms with van der Waals surface area (Å²) in [4.78, 5) is 2.46. The van der Waals surface area contributed by atoms with Crippen molar-refractivity contribution in [1.29, 1.82) is 0 Å². The highest BCUT2D eigenvalue weighted by atomic mass is 16.3. The van der Waals surface area contributed by atoms with Gasteiger partial charge in [0.15, 0.2) is 0 Å². The summed E-state index contributed by atoms with van der Waals surface area (Å²) in [6, 6.07) is 8.85. The number of hydrogen-bond donors (Lipinski definition) is 1. The van der Waals surface area contributed by atoms with Crippen LogP contribution in [0.15, 0.2) is 28.7 Å². The number of benzene rings is 1. The number of aryl methyl sites for hydroxylation is 1. The van der Waals surface area contributed by atoms with Crippen LogP contribution in [0.4, 0.5) is 0 Å². The van der Waals surface area contributed by atoms with Crippen LogP contribution < -0.4 is 5.32 Å². The molecule has 1 atom stereocenters. The Morgan fingerprint density at radius 2 is 1.90 bits per heavy atom. The number of furan rings is 1. The molecule has 0 bridgehead atoms. The topological polar surface area (TPSA) is 28.4 Å². The summed E-state index contributed by atoms with van der Waals surface area (Å²) in [7, 11) is 0. The van der Waals surface area contributed by atoms with Gasteiger partial charge in [0.05, 0.1) is 6.04 Å². The van der Waals surface area contributed by atoms with E-state index in [0.29, 0.717) is 6.04 Å². The summed E-state index contributed by atoms with van der Waals surface area (Å²) in [5.74, 6) is 1.06. The van der Waals surface area contributed by atoms with Crippen molar-refractivity contribution in [2.45, 2.75) is 40.2 Å². The lowest BCUT2D eigenvalue weighted by molar-refractivity contribution is 0.274. The third-order valence-corrected chi connectivity index (χ3v) is 4.11. The zero-order valence-corrected chi connectivity index (χ0v) is 13.8.